The highest BCUT2D eigenvalue weighted by atomic mass is 127. The van der Waals surface area contributed by atoms with Gasteiger partial charge in [0.05, 0.1) is 11.2 Å². The van der Waals surface area contributed by atoms with Gasteiger partial charge in [-0.3, -0.25) is 4.79 Å². The molecule has 1 aromatic carbocycles. The molecule has 5 heteroatoms. The zero-order valence-electron chi connectivity index (χ0n) is 9.30. The Morgan fingerprint density at radius 1 is 1.41 bits per heavy atom. The minimum atomic E-state index is -0.692. The molecule has 3 nitrogen and oxygen atoms in total. The third-order valence-corrected chi connectivity index (χ3v) is 4.25. The maximum Gasteiger partial charge on any atom is 0.244 e. The van der Waals surface area contributed by atoms with E-state index in [1.54, 1.807) is 12.1 Å². The van der Waals surface area contributed by atoms with Crippen molar-refractivity contribution < 1.29 is 4.79 Å². The Hall–Kier alpha value is -0.330. The van der Waals surface area contributed by atoms with Crippen LogP contribution < -0.4 is 11.1 Å². The molecule has 1 fully saturated rings. The van der Waals surface area contributed by atoms with E-state index < -0.39 is 5.54 Å². The van der Waals surface area contributed by atoms with Gasteiger partial charge in [-0.2, -0.15) is 0 Å². The summed E-state index contributed by atoms with van der Waals surface area (Å²) < 4.78 is 0.921. The summed E-state index contributed by atoms with van der Waals surface area (Å²) in [5.41, 5.74) is 6.17. The van der Waals surface area contributed by atoms with Crippen LogP contribution in [0.1, 0.15) is 25.7 Å². The number of nitrogens with one attached hydrogen (secondary N) is 1. The predicted octanol–water partition coefficient (Wildman–Crippen LogP) is 3.15. The zero-order chi connectivity index (χ0) is 12.5. The van der Waals surface area contributed by atoms with Crippen LogP contribution in [-0.4, -0.2) is 11.4 Å². The Balaban J connectivity index is 2.13. The van der Waals surface area contributed by atoms with E-state index >= 15 is 0 Å². The fourth-order valence-corrected chi connectivity index (χ4v) is 3.08. The number of hydrogen-bond acceptors (Lipinski definition) is 2. The molecule has 1 aliphatic carbocycles. The number of nitrogens with two attached hydrogens (primary N) is 1. The van der Waals surface area contributed by atoms with Crippen LogP contribution in [0.5, 0.6) is 0 Å². The third-order valence-electron chi connectivity index (χ3n) is 3.13. The number of rotatable bonds is 2. The minimum Gasteiger partial charge on any atom is -0.324 e. The highest BCUT2D eigenvalue weighted by Crippen LogP contribution is 2.29. The van der Waals surface area contributed by atoms with Gasteiger partial charge in [-0.1, -0.05) is 24.4 Å². The maximum atomic E-state index is 12.1. The lowest BCUT2D eigenvalue weighted by Gasteiger charge is -2.22. The van der Waals surface area contributed by atoms with E-state index in [4.69, 9.17) is 17.3 Å². The van der Waals surface area contributed by atoms with Crippen molar-refractivity contribution in [3.63, 3.8) is 0 Å². The van der Waals surface area contributed by atoms with Crippen LogP contribution >= 0.6 is 34.2 Å². The SMILES string of the molecule is NC1(C(=O)Nc2ccc(Cl)cc2I)CCCC1. The first-order chi connectivity index (χ1) is 8.01. The molecule has 0 radical (unpaired) electrons. The van der Waals surface area contributed by atoms with Crippen LogP contribution in [0.3, 0.4) is 0 Å². The van der Waals surface area contributed by atoms with E-state index in [-0.39, 0.29) is 5.91 Å². The highest BCUT2D eigenvalue weighted by molar-refractivity contribution is 14.1. The zero-order valence-corrected chi connectivity index (χ0v) is 12.2. The Kier molecular flexibility index (Phi) is 3.95. The molecule has 0 saturated heterocycles. The molecule has 1 aromatic rings. The van der Waals surface area contributed by atoms with E-state index in [0.717, 1.165) is 34.9 Å². The van der Waals surface area contributed by atoms with E-state index in [1.165, 1.54) is 0 Å². The van der Waals surface area contributed by atoms with Gasteiger partial charge in [-0.15, -0.1) is 0 Å². The minimum absolute atomic E-state index is 0.0877. The standard InChI is InChI=1S/C12H14ClIN2O/c13-8-3-4-10(9(14)7-8)16-11(17)12(15)5-1-2-6-12/h3-4,7H,1-2,5-6,15H2,(H,16,17). The van der Waals surface area contributed by atoms with Gasteiger partial charge in [0.15, 0.2) is 0 Å². The number of halogens is 2. The summed E-state index contributed by atoms with van der Waals surface area (Å²) >= 11 is 8.01. The van der Waals surface area contributed by atoms with Crippen molar-refractivity contribution in [3.05, 3.63) is 26.8 Å². The van der Waals surface area contributed by atoms with Gasteiger partial charge in [0, 0.05) is 8.59 Å². The molecule has 0 bridgehead atoms. The van der Waals surface area contributed by atoms with Crippen molar-refractivity contribution in [2.75, 3.05) is 5.32 Å². The molecule has 0 aliphatic heterocycles. The average molecular weight is 365 g/mol. The molecule has 1 saturated carbocycles. The lowest BCUT2D eigenvalue weighted by molar-refractivity contribution is -0.121. The molecule has 0 atom stereocenters. The summed E-state index contributed by atoms with van der Waals surface area (Å²) in [7, 11) is 0. The van der Waals surface area contributed by atoms with E-state index in [0.29, 0.717) is 5.02 Å². The maximum absolute atomic E-state index is 12.1. The molecule has 0 unspecified atom stereocenters. The van der Waals surface area contributed by atoms with Gasteiger partial charge in [-0.05, 0) is 53.6 Å². The molecule has 1 amide bonds. The van der Waals surface area contributed by atoms with E-state index in [2.05, 4.69) is 27.9 Å². The second-order valence-electron chi connectivity index (χ2n) is 4.44. The number of benzene rings is 1. The van der Waals surface area contributed by atoms with Gasteiger partial charge in [-0.25, -0.2) is 0 Å². The molecule has 3 N–H and O–H groups in total. The molecule has 1 aliphatic rings. The molecular weight excluding hydrogens is 351 g/mol. The van der Waals surface area contributed by atoms with Crippen LogP contribution in [-0.2, 0) is 4.79 Å². The quantitative estimate of drug-likeness (QED) is 0.792. The van der Waals surface area contributed by atoms with Crippen molar-refractivity contribution in [1.82, 2.24) is 0 Å². The fraction of sp³-hybridized carbons (Fsp3) is 0.417. The molecule has 0 heterocycles. The van der Waals surface area contributed by atoms with Gasteiger partial charge in [0.2, 0.25) is 5.91 Å². The third kappa shape index (κ3) is 2.92. The molecule has 0 aromatic heterocycles. The summed E-state index contributed by atoms with van der Waals surface area (Å²) in [6.45, 7) is 0. The van der Waals surface area contributed by atoms with Gasteiger partial charge in [0.1, 0.15) is 0 Å². The Labute approximate surface area is 119 Å². The summed E-state index contributed by atoms with van der Waals surface area (Å²) in [5.74, 6) is -0.0877. The van der Waals surface area contributed by atoms with E-state index in [1.807, 2.05) is 6.07 Å². The summed E-state index contributed by atoms with van der Waals surface area (Å²) in [5, 5.41) is 3.55. The smallest absolute Gasteiger partial charge is 0.244 e. The summed E-state index contributed by atoms with van der Waals surface area (Å²) in [6, 6.07) is 5.38. The number of amides is 1. The monoisotopic (exact) mass is 364 g/mol. The topological polar surface area (TPSA) is 55.1 Å². The number of carbonyl (C=O) groups excluding carboxylic acids is 1. The average Bonchev–Trinajstić information content (AvgIpc) is 2.71. The first-order valence-electron chi connectivity index (χ1n) is 5.57. The van der Waals surface area contributed by atoms with Crippen molar-refractivity contribution >= 4 is 45.8 Å². The van der Waals surface area contributed by atoms with Crippen LogP contribution in [0, 0.1) is 3.57 Å². The van der Waals surface area contributed by atoms with Crippen LogP contribution in [0.15, 0.2) is 18.2 Å². The summed E-state index contributed by atoms with van der Waals surface area (Å²) in [4.78, 5) is 12.1. The van der Waals surface area contributed by atoms with Crippen LogP contribution in [0.25, 0.3) is 0 Å². The first kappa shape index (κ1) is 13.1. The molecule has 0 spiro atoms. The highest BCUT2D eigenvalue weighted by Gasteiger charge is 2.37. The largest absolute Gasteiger partial charge is 0.324 e. The number of hydrogen-bond donors (Lipinski definition) is 2. The van der Waals surface area contributed by atoms with Gasteiger partial charge < -0.3 is 11.1 Å². The van der Waals surface area contributed by atoms with Crippen molar-refractivity contribution in [2.45, 2.75) is 31.2 Å². The van der Waals surface area contributed by atoms with Crippen molar-refractivity contribution in [1.29, 1.82) is 0 Å². The van der Waals surface area contributed by atoms with Gasteiger partial charge in [0.25, 0.3) is 0 Å². The fourth-order valence-electron chi connectivity index (χ4n) is 2.07. The summed E-state index contributed by atoms with van der Waals surface area (Å²) in [6.07, 6.45) is 3.59. The van der Waals surface area contributed by atoms with Gasteiger partial charge >= 0.3 is 0 Å². The van der Waals surface area contributed by atoms with Crippen LogP contribution in [0.4, 0.5) is 5.69 Å². The second kappa shape index (κ2) is 5.12. The lowest BCUT2D eigenvalue weighted by Crippen LogP contribution is -2.48. The van der Waals surface area contributed by atoms with Crippen LogP contribution in [0.2, 0.25) is 5.02 Å². The molecule has 92 valence electrons. The van der Waals surface area contributed by atoms with Crippen molar-refractivity contribution in [3.8, 4) is 0 Å². The lowest BCUT2D eigenvalue weighted by atomic mass is 9.98. The number of anilines is 1. The Morgan fingerprint density at radius 2 is 2.06 bits per heavy atom. The first-order valence-corrected chi connectivity index (χ1v) is 7.02. The molecule has 2 rings (SSSR count). The Bertz CT molecular complexity index is 444. The van der Waals surface area contributed by atoms with E-state index in [9.17, 15) is 4.79 Å². The Morgan fingerprint density at radius 3 is 2.65 bits per heavy atom. The van der Waals surface area contributed by atoms with Crippen molar-refractivity contribution in [2.24, 2.45) is 5.73 Å². The molecule has 17 heavy (non-hydrogen) atoms. The molecular formula is C12H14ClIN2O. The predicted molar refractivity (Wildman–Crippen MR) is 78.2 cm³/mol. The number of carbonyl (C=O) groups is 1. The normalized spacial score (nSPS) is 18.1. The second-order valence-corrected chi connectivity index (χ2v) is 6.04.